The maximum Gasteiger partial charge on any atom is 0.325 e. The Hall–Kier alpha value is -1.34. The van der Waals surface area contributed by atoms with E-state index in [1.807, 2.05) is 0 Å². The lowest BCUT2D eigenvalue weighted by Crippen LogP contribution is -2.08. The molecule has 4 heteroatoms. The van der Waals surface area contributed by atoms with Crippen molar-refractivity contribution in [3.63, 3.8) is 0 Å². The van der Waals surface area contributed by atoms with Gasteiger partial charge in [0.25, 0.3) is 0 Å². The molecule has 1 atom stereocenters. The fraction of sp³-hybridized carbons (Fsp3) is 0.111. The van der Waals surface area contributed by atoms with Crippen LogP contribution in [-0.4, -0.2) is 11.1 Å². The Balaban J connectivity index is 3.01. The fourth-order valence-electron chi connectivity index (χ4n) is 0.928. The van der Waals surface area contributed by atoms with E-state index in [9.17, 15) is 4.79 Å². The Morgan fingerprint density at radius 2 is 2.00 bits per heavy atom. The first-order valence-corrected chi connectivity index (χ1v) is 4.32. The normalized spacial score (nSPS) is 11.7. The van der Waals surface area contributed by atoms with Crippen LogP contribution in [0.3, 0.4) is 0 Å². The van der Waals surface area contributed by atoms with Gasteiger partial charge in [-0.25, -0.2) is 0 Å². The molecule has 0 aromatic heterocycles. The number of halogens is 1. The zero-order valence-corrected chi connectivity index (χ0v) is 8.15. The first-order chi connectivity index (χ1) is 6.15. The molecule has 1 unspecified atom stereocenters. The summed E-state index contributed by atoms with van der Waals surface area (Å²) in [6, 6.07) is 8.38. The van der Waals surface area contributed by atoms with Crippen molar-refractivity contribution in [2.75, 3.05) is 0 Å². The number of hydrogen-bond donors (Lipinski definition) is 1. The molecule has 0 aliphatic heterocycles. The summed E-state index contributed by atoms with van der Waals surface area (Å²) < 4.78 is 0.860. The molecule has 1 N–H and O–H groups in total. The number of rotatable bonds is 2. The van der Waals surface area contributed by atoms with Crippen LogP contribution < -0.4 is 0 Å². The fourth-order valence-corrected chi connectivity index (χ4v) is 1.19. The van der Waals surface area contributed by atoms with Crippen LogP contribution >= 0.6 is 15.9 Å². The first kappa shape index (κ1) is 9.75. The predicted molar refractivity (Wildman–Crippen MR) is 50.1 cm³/mol. The van der Waals surface area contributed by atoms with Gasteiger partial charge in [-0.1, -0.05) is 28.1 Å². The second-order valence-corrected chi connectivity index (χ2v) is 3.37. The SMILES string of the molecule is N#CC(C(=O)O)c1ccc(Br)cc1. The van der Waals surface area contributed by atoms with Crippen LogP contribution in [0.4, 0.5) is 0 Å². The van der Waals surface area contributed by atoms with Crippen molar-refractivity contribution in [3.05, 3.63) is 34.3 Å². The van der Waals surface area contributed by atoms with E-state index >= 15 is 0 Å². The minimum Gasteiger partial charge on any atom is -0.480 e. The zero-order chi connectivity index (χ0) is 9.84. The monoisotopic (exact) mass is 239 g/mol. The van der Waals surface area contributed by atoms with E-state index in [1.165, 1.54) is 0 Å². The van der Waals surface area contributed by atoms with Crippen molar-refractivity contribution < 1.29 is 9.90 Å². The molecule has 0 bridgehead atoms. The quantitative estimate of drug-likeness (QED) is 0.861. The Labute approximate surface area is 83.7 Å². The van der Waals surface area contributed by atoms with E-state index in [4.69, 9.17) is 10.4 Å². The third-order valence-corrected chi connectivity index (χ3v) is 2.11. The molecule has 1 aromatic rings. The zero-order valence-electron chi connectivity index (χ0n) is 6.57. The minimum absolute atomic E-state index is 0.498. The lowest BCUT2D eigenvalue weighted by atomic mass is 10.0. The van der Waals surface area contributed by atoms with Crippen LogP contribution in [0, 0.1) is 11.3 Å². The molecular weight excluding hydrogens is 234 g/mol. The summed E-state index contributed by atoms with van der Waals surface area (Å²) in [5.41, 5.74) is 0.498. The third-order valence-electron chi connectivity index (χ3n) is 1.58. The summed E-state index contributed by atoms with van der Waals surface area (Å²) in [6.45, 7) is 0. The number of benzene rings is 1. The Morgan fingerprint density at radius 1 is 1.46 bits per heavy atom. The van der Waals surface area contributed by atoms with Gasteiger partial charge in [0.05, 0.1) is 6.07 Å². The number of nitriles is 1. The van der Waals surface area contributed by atoms with Gasteiger partial charge in [0, 0.05) is 4.47 Å². The standard InChI is InChI=1S/C9H6BrNO2/c10-7-3-1-6(2-4-7)8(5-11)9(12)13/h1-4,8H,(H,12,13). The van der Waals surface area contributed by atoms with Gasteiger partial charge in [-0.2, -0.15) is 5.26 Å². The van der Waals surface area contributed by atoms with Crippen molar-refractivity contribution in [1.82, 2.24) is 0 Å². The highest BCUT2D eigenvalue weighted by Crippen LogP contribution is 2.18. The molecule has 1 aromatic carbocycles. The van der Waals surface area contributed by atoms with Crippen LogP contribution in [0.25, 0.3) is 0 Å². The second kappa shape index (κ2) is 4.06. The second-order valence-electron chi connectivity index (χ2n) is 2.45. The van der Waals surface area contributed by atoms with E-state index in [1.54, 1.807) is 30.3 Å². The van der Waals surface area contributed by atoms with Crippen molar-refractivity contribution in [2.45, 2.75) is 5.92 Å². The van der Waals surface area contributed by atoms with Gasteiger partial charge in [0.1, 0.15) is 0 Å². The average molecular weight is 240 g/mol. The van der Waals surface area contributed by atoms with E-state index in [-0.39, 0.29) is 0 Å². The maximum absolute atomic E-state index is 10.6. The summed E-state index contributed by atoms with van der Waals surface area (Å²) in [5.74, 6) is -2.20. The molecule has 0 radical (unpaired) electrons. The van der Waals surface area contributed by atoms with Crippen LogP contribution in [0.15, 0.2) is 28.7 Å². The van der Waals surface area contributed by atoms with Crippen molar-refractivity contribution in [2.24, 2.45) is 0 Å². The molecule has 0 heterocycles. The minimum atomic E-state index is -1.12. The van der Waals surface area contributed by atoms with E-state index in [0.717, 1.165) is 4.47 Å². The smallest absolute Gasteiger partial charge is 0.325 e. The largest absolute Gasteiger partial charge is 0.480 e. The molecule has 0 saturated carbocycles. The molecule has 0 saturated heterocycles. The van der Waals surface area contributed by atoms with E-state index in [0.29, 0.717) is 5.56 Å². The number of aliphatic carboxylic acids is 1. The van der Waals surface area contributed by atoms with Gasteiger partial charge in [0.2, 0.25) is 0 Å². The number of carboxylic acid groups (broad SMARTS) is 1. The summed E-state index contributed by atoms with van der Waals surface area (Å²) in [7, 11) is 0. The lowest BCUT2D eigenvalue weighted by Gasteiger charge is -2.02. The molecule has 0 aliphatic carbocycles. The predicted octanol–water partition coefficient (Wildman–Crippen LogP) is 2.14. The summed E-state index contributed by atoms with van der Waals surface area (Å²) in [6.07, 6.45) is 0. The summed E-state index contributed by atoms with van der Waals surface area (Å²) in [5, 5.41) is 17.2. The number of nitrogens with zero attached hydrogens (tertiary/aromatic N) is 1. The van der Waals surface area contributed by atoms with Gasteiger partial charge in [0.15, 0.2) is 5.92 Å². The van der Waals surface area contributed by atoms with Crippen LogP contribution in [0.1, 0.15) is 11.5 Å². The van der Waals surface area contributed by atoms with Gasteiger partial charge < -0.3 is 5.11 Å². The highest BCUT2D eigenvalue weighted by Gasteiger charge is 2.18. The summed E-state index contributed by atoms with van der Waals surface area (Å²) >= 11 is 3.22. The molecule has 66 valence electrons. The highest BCUT2D eigenvalue weighted by atomic mass is 79.9. The van der Waals surface area contributed by atoms with Crippen molar-refractivity contribution in [1.29, 1.82) is 5.26 Å². The molecule has 0 spiro atoms. The summed E-state index contributed by atoms with van der Waals surface area (Å²) in [4.78, 5) is 10.6. The Bertz CT molecular complexity index is 353. The molecule has 0 amide bonds. The number of hydrogen-bond acceptors (Lipinski definition) is 2. The van der Waals surface area contributed by atoms with Gasteiger partial charge in [-0.3, -0.25) is 4.79 Å². The maximum atomic E-state index is 10.6. The Morgan fingerprint density at radius 3 is 2.38 bits per heavy atom. The average Bonchev–Trinajstić information content (AvgIpc) is 2.09. The van der Waals surface area contributed by atoms with E-state index < -0.39 is 11.9 Å². The molecule has 13 heavy (non-hydrogen) atoms. The van der Waals surface area contributed by atoms with Gasteiger partial charge in [-0.15, -0.1) is 0 Å². The molecule has 0 fully saturated rings. The lowest BCUT2D eigenvalue weighted by molar-refractivity contribution is -0.137. The molecular formula is C9H6BrNO2. The highest BCUT2D eigenvalue weighted by molar-refractivity contribution is 9.10. The number of carboxylic acids is 1. The molecule has 0 aliphatic rings. The number of carbonyl (C=O) groups is 1. The third kappa shape index (κ3) is 2.30. The van der Waals surface area contributed by atoms with Gasteiger partial charge >= 0.3 is 5.97 Å². The Kier molecular flexibility index (Phi) is 3.04. The van der Waals surface area contributed by atoms with Crippen molar-refractivity contribution >= 4 is 21.9 Å². The van der Waals surface area contributed by atoms with Crippen LogP contribution in [0.5, 0.6) is 0 Å². The molecule has 3 nitrogen and oxygen atoms in total. The van der Waals surface area contributed by atoms with Crippen LogP contribution in [-0.2, 0) is 4.79 Å². The van der Waals surface area contributed by atoms with E-state index in [2.05, 4.69) is 15.9 Å². The molecule has 1 rings (SSSR count). The van der Waals surface area contributed by atoms with Crippen LogP contribution in [0.2, 0.25) is 0 Å². The van der Waals surface area contributed by atoms with Crippen molar-refractivity contribution in [3.8, 4) is 6.07 Å². The topological polar surface area (TPSA) is 61.1 Å². The first-order valence-electron chi connectivity index (χ1n) is 3.53. The van der Waals surface area contributed by atoms with Gasteiger partial charge in [-0.05, 0) is 17.7 Å².